The Labute approximate surface area is 256 Å². The Morgan fingerprint density at radius 3 is 2.23 bits per heavy atom. The maximum absolute atomic E-state index is 14.0. The number of amides is 3. The van der Waals surface area contributed by atoms with Crippen molar-refractivity contribution in [3.8, 4) is 5.75 Å². The summed E-state index contributed by atoms with van der Waals surface area (Å²) in [5.74, 6) is -14.2. The number of primary amides is 1. The summed E-state index contributed by atoms with van der Waals surface area (Å²) in [5, 5.41) is 39.6. The number of benzene rings is 2. The van der Waals surface area contributed by atoms with Crippen molar-refractivity contribution in [3.05, 3.63) is 53.1 Å². The van der Waals surface area contributed by atoms with Crippen LogP contribution in [0.1, 0.15) is 34.3 Å². The van der Waals surface area contributed by atoms with Gasteiger partial charge in [0, 0.05) is 17.5 Å². The number of nitrogens with two attached hydrogens (primary N) is 1. The quantitative estimate of drug-likeness (QED) is 0.156. The summed E-state index contributed by atoms with van der Waals surface area (Å²) >= 11 is 5.79. The number of carbonyl (C=O) groups excluding carboxylic acids is 6. The van der Waals surface area contributed by atoms with Crippen LogP contribution in [0.15, 0.2) is 36.4 Å². The molecular formula is C30H31ClN4O9. The van der Waals surface area contributed by atoms with Crippen LogP contribution in [0.3, 0.4) is 0 Å². The minimum Gasteiger partial charge on any atom is -0.505 e. The van der Waals surface area contributed by atoms with Crippen molar-refractivity contribution in [2.45, 2.75) is 36.5 Å². The van der Waals surface area contributed by atoms with E-state index >= 15 is 0 Å². The van der Waals surface area contributed by atoms with E-state index in [4.69, 9.17) is 17.3 Å². The molecule has 7 N–H and O–H groups in total. The number of rotatable bonds is 5. The second-order valence-corrected chi connectivity index (χ2v) is 12.0. The van der Waals surface area contributed by atoms with Gasteiger partial charge in [-0.1, -0.05) is 25.1 Å². The molecule has 44 heavy (non-hydrogen) atoms. The fourth-order valence-corrected chi connectivity index (χ4v) is 7.23. The topological polar surface area (TPSA) is 216 Å². The molecule has 0 heterocycles. The minimum atomic E-state index is -3.10. The number of fused-ring (bicyclic) bond motifs is 3. The van der Waals surface area contributed by atoms with Crippen molar-refractivity contribution in [1.29, 1.82) is 0 Å². The summed E-state index contributed by atoms with van der Waals surface area (Å²) < 4.78 is 0. The number of nitrogens with one attached hydrogen (secondary N) is 2. The number of aliphatic hydroxyl groups is 2. The van der Waals surface area contributed by atoms with E-state index in [0.717, 1.165) is 5.56 Å². The molecule has 3 amide bonds. The third kappa shape index (κ3) is 4.50. The number of anilines is 2. The smallest absolute Gasteiger partial charge is 0.323 e. The number of phenolic OH excluding ortho intramolecular Hbond substituents is 1. The number of hydrogen-bond donors (Lipinski definition) is 6. The van der Waals surface area contributed by atoms with Crippen LogP contribution in [0.4, 0.5) is 16.2 Å². The number of carbonyl (C=O) groups is 6. The van der Waals surface area contributed by atoms with Crippen molar-refractivity contribution in [2.75, 3.05) is 24.7 Å². The van der Waals surface area contributed by atoms with Gasteiger partial charge in [-0.2, -0.15) is 0 Å². The van der Waals surface area contributed by atoms with E-state index in [9.17, 15) is 44.1 Å². The molecule has 8 atom stereocenters. The summed E-state index contributed by atoms with van der Waals surface area (Å²) in [6, 6.07) is 7.28. The molecule has 3 aliphatic rings. The monoisotopic (exact) mass is 626 g/mol. The van der Waals surface area contributed by atoms with Gasteiger partial charge in [-0.25, -0.2) is 4.79 Å². The van der Waals surface area contributed by atoms with Gasteiger partial charge in [0.2, 0.25) is 5.91 Å². The average Bonchev–Trinajstić information content (AvgIpc) is 2.96. The Morgan fingerprint density at radius 1 is 1.02 bits per heavy atom. The maximum Gasteiger partial charge on any atom is 0.323 e. The molecule has 0 aromatic heterocycles. The van der Waals surface area contributed by atoms with Gasteiger partial charge < -0.3 is 31.7 Å². The van der Waals surface area contributed by atoms with Crippen LogP contribution < -0.4 is 16.4 Å². The third-order valence-electron chi connectivity index (χ3n) is 9.10. The molecule has 0 bridgehead atoms. The van der Waals surface area contributed by atoms with E-state index in [2.05, 4.69) is 10.6 Å². The first-order chi connectivity index (χ1) is 20.7. The Kier molecular flexibility index (Phi) is 7.87. The highest BCUT2D eigenvalue weighted by molar-refractivity contribution is 6.32. The molecular weight excluding hydrogens is 596 g/mol. The van der Waals surface area contributed by atoms with E-state index in [1.165, 1.54) is 31.1 Å². The van der Waals surface area contributed by atoms with Gasteiger partial charge in [-0.3, -0.25) is 28.9 Å². The van der Waals surface area contributed by atoms with Crippen LogP contribution in [0.25, 0.3) is 0 Å². The molecule has 0 saturated heterocycles. The van der Waals surface area contributed by atoms with Gasteiger partial charge in [0.05, 0.1) is 35.2 Å². The number of likely N-dealkylation sites (N-methyl/N-ethyl adjacent to an activating group) is 1. The molecule has 0 aliphatic heterocycles. The van der Waals surface area contributed by atoms with E-state index in [-0.39, 0.29) is 22.7 Å². The zero-order valence-electron chi connectivity index (χ0n) is 23.9. The largest absolute Gasteiger partial charge is 0.505 e. The summed E-state index contributed by atoms with van der Waals surface area (Å²) in [5.41, 5.74) is 3.23. The highest BCUT2D eigenvalue weighted by Gasteiger charge is 2.72. The maximum atomic E-state index is 14.0. The molecule has 0 spiro atoms. The molecule has 5 rings (SSSR count). The van der Waals surface area contributed by atoms with Gasteiger partial charge in [0.15, 0.2) is 34.7 Å². The summed E-state index contributed by atoms with van der Waals surface area (Å²) in [6.07, 6.45) is -1.74. The fraction of sp³-hybridized carbons (Fsp3) is 0.400. The molecule has 2 aromatic rings. The van der Waals surface area contributed by atoms with Crippen LogP contribution in [0, 0.1) is 23.7 Å². The number of nitrogens with zero attached hydrogens (tertiary/aromatic N) is 1. The number of alkyl halides is 1. The van der Waals surface area contributed by atoms with Gasteiger partial charge in [-0.15, -0.1) is 11.6 Å². The number of aliphatic hydroxyl groups excluding tert-OH is 1. The first-order valence-electron chi connectivity index (χ1n) is 13.8. The Hall–Kier alpha value is -4.17. The predicted molar refractivity (Wildman–Crippen MR) is 156 cm³/mol. The van der Waals surface area contributed by atoms with Gasteiger partial charge in [0.25, 0.3) is 0 Å². The van der Waals surface area contributed by atoms with Crippen LogP contribution in [0.5, 0.6) is 5.75 Å². The lowest BCUT2D eigenvalue weighted by Gasteiger charge is -2.56. The number of aromatic hydroxyl groups is 1. The number of ketones is 4. The Morgan fingerprint density at radius 2 is 1.66 bits per heavy atom. The van der Waals surface area contributed by atoms with E-state index < -0.39 is 88.2 Å². The first-order valence-corrected chi connectivity index (χ1v) is 14.3. The predicted octanol–water partition coefficient (Wildman–Crippen LogP) is 0.782. The van der Waals surface area contributed by atoms with Crippen LogP contribution in [-0.2, 0) is 25.1 Å². The molecule has 232 valence electrons. The lowest BCUT2D eigenvalue weighted by atomic mass is 9.49. The van der Waals surface area contributed by atoms with E-state index in [1.807, 2.05) is 0 Å². The zero-order chi connectivity index (χ0) is 32.4. The van der Waals surface area contributed by atoms with Crippen LogP contribution in [-0.4, -0.2) is 87.1 Å². The molecule has 2 unspecified atom stereocenters. The first kappa shape index (κ1) is 31.3. The molecule has 2 aromatic carbocycles. The number of urea groups is 1. The lowest BCUT2D eigenvalue weighted by molar-refractivity contribution is -0.196. The van der Waals surface area contributed by atoms with Crippen molar-refractivity contribution >= 4 is 58.0 Å². The van der Waals surface area contributed by atoms with Gasteiger partial charge in [0.1, 0.15) is 5.75 Å². The minimum absolute atomic E-state index is 0.168. The number of halogens is 1. The third-order valence-corrected chi connectivity index (χ3v) is 9.41. The molecule has 13 nitrogen and oxygen atoms in total. The second kappa shape index (κ2) is 11.1. The zero-order valence-corrected chi connectivity index (χ0v) is 24.7. The molecule has 2 saturated carbocycles. The SMILES string of the molecule is C[C@H]1c2ccc(NC(=O)Nc3ccc(CCl)cc3)c(O)c2C(=O)C2C(=O)[C@]3(O)C(=O)C(C(N)=O)C(=O)[C@@H](N(C)C)[C@@H]3[C@@H](O)[C@@H]21. The molecule has 3 aliphatic carbocycles. The second-order valence-electron chi connectivity index (χ2n) is 11.7. The fourth-order valence-electron chi connectivity index (χ4n) is 7.05. The highest BCUT2D eigenvalue weighted by atomic mass is 35.5. The Bertz CT molecular complexity index is 1610. The average molecular weight is 627 g/mol. The van der Waals surface area contributed by atoms with Gasteiger partial charge in [-0.05, 0) is 49.3 Å². The standard InChI is InChI=1S/C30H31ClN4O9/c1-11-14-8-9-15(34-29(43)33-13-6-4-12(10-31)5-7-13)22(36)17(14)23(37)18-16(11)24(38)20-21(35(2)3)25(39)19(28(32)42)27(41)30(20,44)26(18)40/h4-9,11,16,18-21,24,36,38,44H,10H2,1-3H3,(H2,32,42)(H2,33,34,43)/t11-,16+,18?,19?,20+,21-,24-,30-/m0/s1. The Balaban J connectivity index is 1.53. The number of hydrogen-bond acceptors (Lipinski definition) is 10. The number of Topliss-reactive ketones (excluding diaryl/α,β-unsaturated/α-hetero) is 4. The van der Waals surface area contributed by atoms with E-state index in [1.54, 1.807) is 31.2 Å². The van der Waals surface area contributed by atoms with E-state index in [0.29, 0.717) is 5.69 Å². The van der Waals surface area contributed by atoms with Crippen molar-refractivity contribution in [2.24, 2.45) is 29.4 Å². The highest BCUT2D eigenvalue weighted by Crippen LogP contribution is 2.55. The van der Waals surface area contributed by atoms with Crippen LogP contribution >= 0.6 is 11.6 Å². The van der Waals surface area contributed by atoms with Crippen molar-refractivity contribution in [3.63, 3.8) is 0 Å². The van der Waals surface area contributed by atoms with Crippen molar-refractivity contribution in [1.82, 2.24) is 4.90 Å². The van der Waals surface area contributed by atoms with Crippen molar-refractivity contribution < 1.29 is 44.1 Å². The summed E-state index contributed by atoms with van der Waals surface area (Å²) in [4.78, 5) is 80.8. The normalized spacial score (nSPS) is 31.2. The van der Waals surface area contributed by atoms with Gasteiger partial charge >= 0.3 is 6.03 Å². The van der Waals surface area contributed by atoms with Crippen LogP contribution in [0.2, 0.25) is 0 Å². The lowest BCUT2D eigenvalue weighted by Crippen LogP contribution is -2.77. The summed E-state index contributed by atoms with van der Waals surface area (Å²) in [7, 11) is 2.84. The number of phenols is 1. The molecule has 2 fully saturated rings. The summed E-state index contributed by atoms with van der Waals surface area (Å²) in [6.45, 7) is 1.59. The molecule has 14 heteroatoms. The molecule has 0 radical (unpaired) electrons.